The van der Waals surface area contributed by atoms with Crippen LogP contribution in [-0.2, 0) is 16.6 Å². The van der Waals surface area contributed by atoms with Gasteiger partial charge in [-0.05, 0) is 32.0 Å². The van der Waals surface area contributed by atoms with E-state index in [-0.39, 0.29) is 22.8 Å². The maximum absolute atomic E-state index is 11.8. The number of nitro groups is 1. The minimum Gasteiger partial charge on any atom is -0.423 e. The second-order valence-corrected chi connectivity index (χ2v) is 7.19. The maximum atomic E-state index is 11.8. The first-order chi connectivity index (χ1) is 11.4. The zero-order valence-electron chi connectivity index (χ0n) is 12.7. The number of rotatable bonds is 7. The van der Waals surface area contributed by atoms with Crippen LogP contribution in [0.15, 0.2) is 27.5 Å². The van der Waals surface area contributed by atoms with Gasteiger partial charge in [0.1, 0.15) is 5.69 Å². The Bertz CT molecular complexity index is 875. The van der Waals surface area contributed by atoms with E-state index in [1.54, 1.807) is 0 Å². The van der Waals surface area contributed by atoms with Crippen molar-refractivity contribution in [2.45, 2.75) is 30.2 Å². The molecule has 10 nitrogen and oxygen atoms in total. The lowest BCUT2D eigenvalue weighted by Crippen LogP contribution is -2.18. The van der Waals surface area contributed by atoms with Crippen LogP contribution in [0.2, 0.25) is 0 Å². The van der Waals surface area contributed by atoms with Gasteiger partial charge in [-0.25, -0.2) is 13.1 Å². The van der Waals surface area contributed by atoms with Crippen LogP contribution in [0.4, 0.5) is 11.4 Å². The van der Waals surface area contributed by atoms with Crippen LogP contribution >= 0.6 is 0 Å². The van der Waals surface area contributed by atoms with Gasteiger partial charge in [-0.3, -0.25) is 10.1 Å². The largest absolute Gasteiger partial charge is 0.423 e. The predicted molar refractivity (Wildman–Crippen MR) is 82.9 cm³/mol. The Morgan fingerprint density at radius 3 is 2.75 bits per heavy atom. The first kappa shape index (κ1) is 16.3. The van der Waals surface area contributed by atoms with Crippen molar-refractivity contribution in [3.05, 3.63) is 40.1 Å². The second-order valence-electron chi connectivity index (χ2n) is 5.31. The molecule has 1 saturated carbocycles. The number of hydrogen-bond acceptors (Lipinski definition) is 8. The highest BCUT2D eigenvalue weighted by Crippen LogP contribution is 2.39. The van der Waals surface area contributed by atoms with Crippen LogP contribution in [-0.4, -0.2) is 30.6 Å². The molecule has 1 fully saturated rings. The van der Waals surface area contributed by atoms with Gasteiger partial charge in [-0.1, -0.05) is 0 Å². The summed E-state index contributed by atoms with van der Waals surface area (Å²) in [6, 6.07) is 3.61. The molecule has 0 spiro atoms. The van der Waals surface area contributed by atoms with Gasteiger partial charge in [0.25, 0.3) is 5.69 Å². The quantitative estimate of drug-likeness (QED) is 0.562. The van der Waals surface area contributed by atoms with Crippen molar-refractivity contribution in [1.82, 2.24) is 14.9 Å². The molecule has 0 atom stereocenters. The van der Waals surface area contributed by atoms with Crippen molar-refractivity contribution < 1.29 is 17.8 Å². The Balaban J connectivity index is 1.79. The summed E-state index contributed by atoms with van der Waals surface area (Å²) in [7, 11) is -2.52. The smallest absolute Gasteiger partial charge is 0.293 e. The molecule has 2 N–H and O–H groups in total. The lowest BCUT2D eigenvalue weighted by atomic mass is 10.2. The highest BCUT2D eigenvalue weighted by molar-refractivity contribution is 7.89. The Morgan fingerprint density at radius 1 is 1.38 bits per heavy atom. The highest BCUT2D eigenvalue weighted by atomic mass is 32.2. The molecular formula is C13H15N5O5S. The average molecular weight is 353 g/mol. The fourth-order valence-electron chi connectivity index (χ4n) is 2.10. The van der Waals surface area contributed by atoms with Crippen molar-refractivity contribution in [2.24, 2.45) is 0 Å². The van der Waals surface area contributed by atoms with Crippen LogP contribution in [0.1, 0.15) is 30.5 Å². The van der Waals surface area contributed by atoms with Gasteiger partial charge in [0.05, 0.1) is 16.4 Å². The van der Waals surface area contributed by atoms with E-state index in [0.717, 1.165) is 18.9 Å². The molecule has 0 bridgehead atoms. The van der Waals surface area contributed by atoms with Crippen molar-refractivity contribution in [2.75, 3.05) is 12.4 Å². The summed E-state index contributed by atoms with van der Waals surface area (Å²) < 4.78 is 31.1. The number of nitrogens with one attached hydrogen (secondary N) is 2. The maximum Gasteiger partial charge on any atom is 0.293 e. The number of nitro benzene ring substituents is 1. The molecular weight excluding hydrogens is 338 g/mol. The lowest BCUT2D eigenvalue weighted by Gasteiger charge is -2.07. The van der Waals surface area contributed by atoms with E-state index in [1.807, 2.05) is 0 Å². The Morgan fingerprint density at radius 2 is 2.12 bits per heavy atom. The second kappa shape index (κ2) is 6.17. The first-order valence-corrected chi connectivity index (χ1v) is 8.67. The van der Waals surface area contributed by atoms with E-state index < -0.39 is 14.9 Å². The molecule has 0 unspecified atom stereocenters. The molecule has 0 radical (unpaired) electrons. The molecule has 0 amide bonds. The van der Waals surface area contributed by atoms with Crippen LogP contribution in [0.3, 0.4) is 0 Å². The van der Waals surface area contributed by atoms with Crippen LogP contribution in [0, 0.1) is 10.1 Å². The lowest BCUT2D eigenvalue weighted by molar-refractivity contribution is -0.384. The summed E-state index contributed by atoms with van der Waals surface area (Å²) >= 11 is 0. The summed E-state index contributed by atoms with van der Waals surface area (Å²) in [5, 5.41) is 21.8. The molecule has 3 rings (SSSR count). The zero-order valence-corrected chi connectivity index (χ0v) is 13.5. The third kappa shape index (κ3) is 3.36. The monoisotopic (exact) mass is 353 g/mol. The third-order valence-corrected chi connectivity index (χ3v) is 5.00. The Hall–Kier alpha value is -2.53. The third-order valence-electron chi connectivity index (χ3n) is 3.58. The van der Waals surface area contributed by atoms with E-state index >= 15 is 0 Å². The summed E-state index contributed by atoms with van der Waals surface area (Å²) in [4.78, 5) is 10.4. The van der Waals surface area contributed by atoms with Gasteiger partial charge in [-0.15, -0.1) is 10.2 Å². The van der Waals surface area contributed by atoms with Crippen LogP contribution in [0.5, 0.6) is 0 Å². The van der Waals surface area contributed by atoms with Gasteiger partial charge in [0, 0.05) is 12.0 Å². The summed E-state index contributed by atoms with van der Waals surface area (Å²) in [5.41, 5.74) is -0.186. The van der Waals surface area contributed by atoms with Gasteiger partial charge in [0.2, 0.25) is 21.8 Å². The average Bonchev–Trinajstić information content (AvgIpc) is 3.31. The predicted octanol–water partition coefficient (Wildman–Crippen LogP) is 1.38. The van der Waals surface area contributed by atoms with E-state index in [2.05, 4.69) is 20.2 Å². The van der Waals surface area contributed by atoms with Crippen LogP contribution < -0.4 is 10.0 Å². The first-order valence-electron chi connectivity index (χ1n) is 7.19. The van der Waals surface area contributed by atoms with Gasteiger partial charge in [-0.2, -0.15) is 0 Å². The SMILES string of the molecule is CNS(=O)(=O)c1ccc(NCc2nnc(C3CC3)o2)c([N+](=O)[O-])c1. The number of sulfonamides is 1. The molecule has 2 aromatic rings. The molecule has 24 heavy (non-hydrogen) atoms. The molecule has 1 aliphatic rings. The molecule has 1 aromatic carbocycles. The minimum absolute atomic E-state index is 0.110. The number of anilines is 1. The highest BCUT2D eigenvalue weighted by Gasteiger charge is 2.29. The van der Waals surface area contributed by atoms with E-state index in [9.17, 15) is 18.5 Å². The number of aromatic nitrogens is 2. The summed E-state index contributed by atoms with van der Waals surface area (Å²) in [6.45, 7) is 0.110. The van der Waals surface area contributed by atoms with Gasteiger partial charge < -0.3 is 9.73 Å². The normalized spacial score (nSPS) is 14.5. The van der Waals surface area contributed by atoms with Gasteiger partial charge >= 0.3 is 0 Å². The van der Waals surface area contributed by atoms with Crippen molar-refractivity contribution in [3.8, 4) is 0 Å². The summed E-state index contributed by atoms with van der Waals surface area (Å²) in [5.74, 6) is 1.22. The fourth-order valence-corrected chi connectivity index (χ4v) is 2.85. The van der Waals surface area contributed by atoms with Crippen molar-refractivity contribution >= 4 is 21.4 Å². The van der Waals surface area contributed by atoms with Crippen molar-refractivity contribution in [3.63, 3.8) is 0 Å². The molecule has 128 valence electrons. The fraction of sp³-hybridized carbons (Fsp3) is 0.385. The molecule has 11 heteroatoms. The van der Waals surface area contributed by atoms with Gasteiger partial charge in [0.15, 0.2) is 0 Å². The Labute approximate surface area is 137 Å². The topological polar surface area (TPSA) is 140 Å². The molecule has 1 heterocycles. The summed E-state index contributed by atoms with van der Waals surface area (Å²) in [6.07, 6.45) is 2.06. The van der Waals surface area contributed by atoms with E-state index in [4.69, 9.17) is 4.42 Å². The number of nitrogens with zero attached hydrogens (tertiary/aromatic N) is 3. The Kier molecular flexibility index (Phi) is 4.20. The van der Waals surface area contributed by atoms with Crippen LogP contribution in [0.25, 0.3) is 0 Å². The number of hydrogen-bond donors (Lipinski definition) is 2. The molecule has 1 aromatic heterocycles. The molecule has 0 saturated heterocycles. The minimum atomic E-state index is -3.76. The van der Waals surface area contributed by atoms with Crippen molar-refractivity contribution in [1.29, 1.82) is 0 Å². The molecule has 0 aliphatic heterocycles. The van der Waals surface area contributed by atoms with E-state index in [1.165, 1.54) is 19.2 Å². The van der Waals surface area contributed by atoms with E-state index in [0.29, 0.717) is 17.7 Å². The zero-order chi connectivity index (χ0) is 17.3. The number of benzene rings is 1. The molecule has 1 aliphatic carbocycles. The standard InChI is InChI=1S/C13H15N5O5S/c1-14-24(21,22)9-4-5-10(11(6-9)18(19)20)15-7-12-16-17-13(23-12)8-2-3-8/h4-6,8,14-15H,2-3,7H2,1H3.